The van der Waals surface area contributed by atoms with Crippen LogP contribution in [0.1, 0.15) is 6.92 Å². The van der Waals surface area contributed by atoms with Crippen molar-refractivity contribution in [1.82, 2.24) is 10.2 Å². The summed E-state index contributed by atoms with van der Waals surface area (Å²) in [4.78, 5) is 2.14. The van der Waals surface area contributed by atoms with Crippen molar-refractivity contribution < 1.29 is 9.84 Å². The second-order valence-corrected chi connectivity index (χ2v) is 5.14. The molecule has 3 rings (SSSR count). The zero-order valence-corrected chi connectivity index (χ0v) is 11.9. The number of nitrogens with two attached hydrogens (primary N) is 1. The fraction of sp³-hybridized carbons (Fsp3) is 0.333. The van der Waals surface area contributed by atoms with Gasteiger partial charge in [-0.3, -0.25) is 0 Å². The van der Waals surface area contributed by atoms with Gasteiger partial charge in [0.25, 0.3) is 0 Å². The van der Waals surface area contributed by atoms with Crippen LogP contribution in [0.3, 0.4) is 0 Å². The summed E-state index contributed by atoms with van der Waals surface area (Å²) < 4.78 is 5.54. The van der Waals surface area contributed by atoms with E-state index in [1.807, 2.05) is 19.1 Å². The van der Waals surface area contributed by atoms with Gasteiger partial charge in [-0.1, -0.05) is 12.1 Å². The molecule has 0 amide bonds. The molecule has 6 heteroatoms. The van der Waals surface area contributed by atoms with E-state index in [9.17, 15) is 5.11 Å². The average Bonchev–Trinajstić information content (AvgIpc) is 2.48. The van der Waals surface area contributed by atoms with Crippen LogP contribution in [0.25, 0.3) is 11.3 Å². The summed E-state index contributed by atoms with van der Waals surface area (Å²) in [6.45, 7) is 4.21. The van der Waals surface area contributed by atoms with Gasteiger partial charge in [0.1, 0.15) is 5.75 Å². The number of phenolic OH excluding ortho intramolecular Hbond substituents is 1. The normalized spacial score (nSPS) is 18.7. The van der Waals surface area contributed by atoms with Crippen molar-refractivity contribution in [3.05, 3.63) is 30.3 Å². The maximum Gasteiger partial charge on any atom is 0.169 e. The summed E-state index contributed by atoms with van der Waals surface area (Å²) in [7, 11) is 0. The Kier molecular flexibility index (Phi) is 3.62. The first-order valence-electron chi connectivity index (χ1n) is 6.93. The SMILES string of the molecule is C[C@H]1CN(c2cc(-c3ccccc3O)nnc2N)CCO1. The van der Waals surface area contributed by atoms with E-state index in [2.05, 4.69) is 15.1 Å². The molecular formula is C15H18N4O2. The topological polar surface area (TPSA) is 84.5 Å². The number of phenols is 1. The molecule has 0 spiro atoms. The summed E-state index contributed by atoms with van der Waals surface area (Å²) in [6.07, 6.45) is 0.153. The van der Waals surface area contributed by atoms with Crippen LogP contribution in [0.15, 0.2) is 30.3 Å². The highest BCUT2D eigenvalue weighted by Gasteiger charge is 2.20. The highest BCUT2D eigenvalue weighted by molar-refractivity contribution is 5.74. The van der Waals surface area contributed by atoms with Gasteiger partial charge in [0.2, 0.25) is 0 Å². The summed E-state index contributed by atoms with van der Waals surface area (Å²) >= 11 is 0. The smallest absolute Gasteiger partial charge is 0.169 e. The first-order chi connectivity index (χ1) is 10.1. The van der Waals surface area contributed by atoms with Crippen LogP contribution in [0, 0.1) is 0 Å². The molecule has 0 bridgehead atoms. The number of anilines is 2. The number of nitrogen functional groups attached to an aromatic ring is 1. The molecule has 1 aliphatic rings. The highest BCUT2D eigenvalue weighted by atomic mass is 16.5. The third-order valence-corrected chi connectivity index (χ3v) is 3.56. The van der Waals surface area contributed by atoms with Gasteiger partial charge in [-0.05, 0) is 25.1 Å². The van der Waals surface area contributed by atoms with Gasteiger partial charge in [-0.25, -0.2) is 0 Å². The Bertz CT molecular complexity index is 647. The third kappa shape index (κ3) is 2.75. The van der Waals surface area contributed by atoms with Crippen LogP contribution in [0.2, 0.25) is 0 Å². The molecule has 2 heterocycles. The molecule has 1 aromatic heterocycles. The Hall–Kier alpha value is -2.34. The maximum absolute atomic E-state index is 9.94. The quantitative estimate of drug-likeness (QED) is 0.873. The Balaban J connectivity index is 1.98. The van der Waals surface area contributed by atoms with Gasteiger partial charge in [-0.15, -0.1) is 10.2 Å². The number of aromatic nitrogens is 2. The van der Waals surface area contributed by atoms with E-state index >= 15 is 0 Å². The van der Waals surface area contributed by atoms with Gasteiger partial charge in [0.15, 0.2) is 5.82 Å². The summed E-state index contributed by atoms with van der Waals surface area (Å²) in [5.41, 5.74) is 8.05. The van der Waals surface area contributed by atoms with Crippen LogP contribution < -0.4 is 10.6 Å². The lowest BCUT2D eigenvalue weighted by Gasteiger charge is -2.33. The summed E-state index contributed by atoms with van der Waals surface area (Å²) in [5.74, 6) is 0.570. The van der Waals surface area contributed by atoms with E-state index in [0.717, 1.165) is 18.8 Å². The van der Waals surface area contributed by atoms with Crippen molar-refractivity contribution in [2.45, 2.75) is 13.0 Å². The van der Waals surface area contributed by atoms with Crippen molar-refractivity contribution in [3.63, 3.8) is 0 Å². The molecule has 0 aliphatic carbocycles. The van der Waals surface area contributed by atoms with E-state index in [4.69, 9.17) is 10.5 Å². The molecule has 1 aromatic carbocycles. The number of aromatic hydroxyl groups is 1. The standard InChI is InChI=1S/C15H18N4O2/c1-10-9-19(6-7-21-10)13-8-12(17-18-15(13)16)11-4-2-3-5-14(11)20/h2-5,8,10,20H,6-7,9H2,1H3,(H2,16,18)/t10-/m0/s1. The number of benzene rings is 1. The van der Waals surface area contributed by atoms with Crippen LogP contribution in [0.5, 0.6) is 5.75 Å². The maximum atomic E-state index is 9.94. The Morgan fingerprint density at radius 1 is 1.33 bits per heavy atom. The average molecular weight is 286 g/mol. The van der Waals surface area contributed by atoms with Crippen molar-refractivity contribution in [2.24, 2.45) is 0 Å². The second-order valence-electron chi connectivity index (χ2n) is 5.14. The minimum Gasteiger partial charge on any atom is -0.507 e. The third-order valence-electron chi connectivity index (χ3n) is 3.56. The van der Waals surface area contributed by atoms with Gasteiger partial charge in [0.05, 0.1) is 24.1 Å². The zero-order chi connectivity index (χ0) is 14.8. The van der Waals surface area contributed by atoms with Gasteiger partial charge in [0, 0.05) is 18.7 Å². The van der Waals surface area contributed by atoms with E-state index in [0.29, 0.717) is 23.7 Å². The van der Waals surface area contributed by atoms with E-state index < -0.39 is 0 Å². The monoisotopic (exact) mass is 286 g/mol. The van der Waals surface area contributed by atoms with E-state index in [-0.39, 0.29) is 11.9 Å². The molecule has 2 aromatic rings. The minimum absolute atomic E-state index is 0.153. The summed E-state index contributed by atoms with van der Waals surface area (Å²) in [5, 5.41) is 18.1. The first-order valence-corrected chi connectivity index (χ1v) is 6.93. The zero-order valence-electron chi connectivity index (χ0n) is 11.9. The van der Waals surface area contributed by atoms with Crippen LogP contribution >= 0.6 is 0 Å². The molecule has 3 N–H and O–H groups in total. The fourth-order valence-corrected chi connectivity index (χ4v) is 2.50. The van der Waals surface area contributed by atoms with Gasteiger partial charge < -0.3 is 20.5 Å². The number of hydrogen-bond donors (Lipinski definition) is 2. The molecule has 1 saturated heterocycles. The lowest BCUT2D eigenvalue weighted by atomic mass is 10.1. The first kappa shape index (κ1) is 13.6. The molecule has 1 atom stereocenters. The Labute approximate surface area is 123 Å². The predicted octanol–water partition coefficient (Wildman–Crippen LogP) is 1.66. The second kappa shape index (κ2) is 5.57. The predicted molar refractivity (Wildman–Crippen MR) is 81.2 cm³/mol. The van der Waals surface area contributed by atoms with Gasteiger partial charge >= 0.3 is 0 Å². The Morgan fingerprint density at radius 3 is 2.90 bits per heavy atom. The van der Waals surface area contributed by atoms with Crippen LogP contribution in [0.4, 0.5) is 11.5 Å². The molecule has 1 aliphatic heterocycles. The lowest BCUT2D eigenvalue weighted by Crippen LogP contribution is -2.41. The largest absolute Gasteiger partial charge is 0.507 e. The van der Waals surface area contributed by atoms with Gasteiger partial charge in [-0.2, -0.15) is 0 Å². The van der Waals surface area contributed by atoms with Crippen molar-refractivity contribution >= 4 is 11.5 Å². The number of morpholine rings is 1. The lowest BCUT2D eigenvalue weighted by molar-refractivity contribution is 0.0532. The number of para-hydroxylation sites is 1. The highest BCUT2D eigenvalue weighted by Crippen LogP contribution is 2.31. The molecule has 0 saturated carbocycles. The van der Waals surface area contributed by atoms with E-state index in [1.165, 1.54) is 0 Å². The summed E-state index contributed by atoms with van der Waals surface area (Å²) in [6, 6.07) is 8.93. The number of ether oxygens (including phenoxy) is 1. The molecular weight excluding hydrogens is 268 g/mol. The molecule has 1 fully saturated rings. The number of hydrogen-bond acceptors (Lipinski definition) is 6. The molecule has 110 valence electrons. The molecule has 0 radical (unpaired) electrons. The van der Waals surface area contributed by atoms with Crippen molar-refractivity contribution in [2.75, 3.05) is 30.3 Å². The number of rotatable bonds is 2. The fourth-order valence-electron chi connectivity index (χ4n) is 2.50. The van der Waals surface area contributed by atoms with Crippen molar-refractivity contribution in [3.8, 4) is 17.0 Å². The van der Waals surface area contributed by atoms with Crippen LogP contribution in [-0.4, -0.2) is 41.1 Å². The minimum atomic E-state index is 0.153. The van der Waals surface area contributed by atoms with Crippen molar-refractivity contribution in [1.29, 1.82) is 0 Å². The van der Waals surface area contributed by atoms with E-state index in [1.54, 1.807) is 18.2 Å². The molecule has 6 nitrogen and oxygen atoms in total. The van der Waals surface area contributed by atoms with Crippen LogP contribution in [-0.2, 0) is 4.74 Å². The Morgan fingerprint density at radius 2 is 2.14 bits per heavy atom. The molecule has 0 unspecified atom stereocenters. The molecule has 21 heavy (non-hydrogen) atoms. The number of nitrogens with zero attached hydrogens (tertiary/aromatic N) is 3.